The van der Waals surface area contributed by atoms with Crippen LogP contribution in [0.2, 0.25) is 5.02 Å². The van der Waals surface area contributed by atoms with Gasteiger partial charge in [-0.05, 0) is 37.3 Å². The fraction of sp³-hybridized carbons (Fsp3) is 0.235. The Labute approximate surface area is 159 Å². The Morgan fingerprint density at radius 3 is 2.33 bits per heavy atom. The molecule has 2 rings (SSSR count). The molecule has 0 atom stereocenters. The zero-order chi connectivity index (χ0) is 20.2. The lowest BCUT2D eigenvalue weighted by molar-refractivity contribution is -0.137. The number of rotatable bonds is 6. The Balaban J connectivity index is 2.59. The van der Waals surface area contributed by atoms with Crippen molar-refractivity contribution in [3.8, 4) is 0 Å². The summed E-state index contributed by atoms with van der Waals surface area (Å²) in [4.78, 5) is 11.8. The second kappa shape index (κ2) is 8.18. The monoisotopic (exact) mass is 420 g/mol. The maximum Gasteiger partial charge on any atom is 0.417 e. The number of anilines is 1. The number of likely N-dealkylation sites (N-methyl/N-ethyl adjacent to an activating group) is 1. The number of carbonyl (C=O) groups is 1. The van der Waals surface area contributed by atoms with Crippen molar-refractivity contribution in [1.29, 1.82) is 0 Å². The molecular formula is C17H16ClF3N2O3S. The van der Waals surface area contributed by atoms with Crippen molar-refractivity contribution in [2.24, 2.45) is 0 Å². The second-order valence-electron chi connectivity index (χ2n) is 5.44. The van der Waals surface area contributed by atoms with Crippen molar-refractivity contribution in [3.63, 3.8) is 0 Å². The normalized spacial score (nSPS) is 11.9. The Bertz CT molecular complexity index is 919. The highest BCUT2D eigenvalue weighted by molar-refractivity contribution is 7.92. The molecular weight excluding hydrogens is 405 g/mol. The van der Waals surface area contributed by atoms with Crippen molar-refractivity contribution >= 4 is 33.2 Å². The molecule has 0 saturated heterocycles. The third kappa shape index (κ3) is 4.92. The van der Waals surface area contributed by atoms with Gasteiger partial charge in [0.1, 0.15) is 6.54 Å². The summed E-state index contributed by atoms with van der Waals surface area (Å²) in [5, 5.41) is 1.86. The largest absolute Gasteiger partial charge is 0.417 e. The summed E-state index contributed by atoms with van der Waals surface area (Å²) in [7, 11) is -4.28. The van der Waals surface area contributed by atoms with Gasteiger partial charge < -0.3 is 5.32 Å². The van der Waals surface area contributed by atoms with Crippen LogP contribution in [-0.2, 0) is 21.0 Å². The van der Waals surface area contributed by atoms with Crippen molar-refractivity contribution in [1.82, 2.24) is 5.32 Å². The zero-order valence-corrected chi connectivity index (χ0v) is 15.7. The smallest absolute Gasteiger partial charge is 0.355 e. The van der Waals surface area contributed by atoms with Crippen molar-refractivity contribution in [3.05, 3.63) is 59.1 Å². The minimum absolute atomic E-state index is 0.155. The van der Waals surface area contributed by atoms with Gasteiger partial charge >= 0.3 is 6.18 Å². The number of sulfonamides is 1. The summed E-state index contributed by atoms with van der Waals surface area (Å²) in [5.74, 6) is -0.652. The SMILES string of the molecule is CCNC(=O)CN(c1ccc(Cl)c(C(F)(F)F)c1)S(=O)(=O)c1ccccc1. The molecule has 0 aliphatic heterocycles. The fourth-order valence-electron chi connectivity index (χ4n) is 2.30. The highest BCUT2D eigenvalue weighted by atomic mass is 35.5. The van der Waals surface area contributed by atoms with E-state index >= 15 is 0 Å². The summed E-state index contributed by atoms with van der Waals surface area (Å²) in [6.45, 7) is 1.20. The van der Waals surface area contributed by atoms with Gasteiger partial charge in [-0.25, -0.2) is 8.42 Å². The van der Waals surface area contributed by atoms with Crippen LogP contribution in [-0.4, -0.2) is 27.4 Å². The molecule has 0 unspecified atom stereocenters. The third-order valence-electron chi connectivity index (χ3n) is 3.54. The van der Waals surface area contributed by atoms with Crippen molar-refractivity contribution in [2.75, 3.05) is 17.4 Å². The number of halogens is 4. The van der Waals surface area contributed by atoms with Crippen molar-refractivity contribution in [2.45, 2.75) is 18.0 Å². The fourth-order valence-corrected chi connectivity index (χ4v) is 3.96. The molecule has 5 nitrogen and oxygen atoms in total. The summed E-state index contributed by atoms with van der Waals surface area (Å²) in [5.41, 5.74) is -1.51. The molecule has 0 aliphatic carbocycles. The van der Waals surface area contributed by atoms with Gasteiger partial charge in [0.15, 0.2) is 0 Å². The minimum atomic E-state index is -4.78. The molecule has 27 heavy (non-hydrogen) atoms. The minimum Gasteiger partial charge on any atom is -0.355 e. The summed E-state index contributed by atoms with van der Waals surface area (Å²) < 4.78 is 66.0. The molecule has 0 radical (unpaired) electrons. The van der Waals surface area contributed by atoms with Gasteiger partial charge in [0.2, 0.25) is 5.91 Å². The molecule has 2 aromatic carbocycles. The summed E-state index contributed by atoms with van der Waals surface area (Å²) in [6.07, 6.45) is -4.78. The van der Waals surface area contributed by atoms with Gasteiger partial charge in [-0.2, -0.15) is 13.2 Å². The summed E-state index contributed by atoms with van der Waals surface area (Å²) in [6, 6.07) is 9.81. The highest BCUT2D eigenvalue weighted by Crippen LogP contribution is 2.37. The molecule has 0 fully saturated rings. The molecule has 0 spiro atoms. The van der Waals surface area contributed by atoms with Gasteiger partial charge in [-0.1, -0.05) is 29.8 Å². The van der Waals surface area contributed by atoms with E-state index in [1.54, 1.807) is 13.0 Å². The van der Waals surface area contributed by atoms with E-state index in [-0.39, 0.29) is 17.1 Å². The predicted molar refractivity (Wildman–Crippen MR) is 96.1 cm³/mol. The number of amides is 1. The first-order chi connectivity index (χ1) is 12.6. The maximum atomic E-state index is 13.2. The Hall–Kier alpha value is -2.26. The van der Waals surface area contributed by atoms with Gasteiger partial charge in [0.05, 0.1) is 21.2 Å². The number of nitrogens with one attached hydrogen (secondary N) is 1. The van der Waals surface area contributed by atoms with Crippen LogP contribution in [0.15, 0.2) is 53.4 Å². The number of benzene rings is 2. The average Bonchev–Trinajstić information content (AvgIpc) is 2.60. The van der Waals surface area contributed by atoms with Crippen LogP contribution < -0.4 is 9.62 Å². The topological polar surface area (TPSA) is 66.5 Å². The van der Waals surface area contributed by atoms with Gasteiger partial charge in [-0.3, -0.25) is 9.10 Å². The van der Waals surface area contributed by atoms with E-state index in [1.165, 1.54) is 24.3 Å². The van der Waals surface area contributed by atoms with E-state index in [9.17, 15) is 26.4 Å². The van der Waals surface area contributed by atoms with E-state index in [4.69, 9.17) is 11.6 Å². The molecule has 0 aromatic heterocycles. The van der Waals surface area contributed by atoms with Gasteiger partial charge in [0, 0.05) is 6.54 Å². The van der Waals surface area contributed by atoms with Crippen LogP contribution in [0.4, 0.5) is 18.9 Å². The maximum absolute atomic E-state index is 13.2. The van der Waals surface area contributed by atoms with Crippen LogP contribution >= 0.6 is 11.6 Å². The molecule has 2 aromatic rings. The number of hydrogen-bond acceptors (Lipinski definition) is 3. The molecule has 0 saturated carbocycles. The standard InChI is InChI=1S/C17H16ClF3N2O3S/c1-2-22-16(24)11-23(27(25,26)13-6-4-3-5-7-13)12-8-9-15(18)14(10-12)17(19,20)21/h3-10H,2,11H2,1H3,(H,22,24). The Morgan fingerprint density at radius 2 is 1.78 bits per heavy atom. The highest BCUT2D eigenvalue weighted by Gasteiger charge is 2.35. The Kier molecular flexibility index (Phi) is 6.38. The number of hydrogen-bond donors (Lipinski definition) is 1. The molecule has 10 heteroatoms. The molecule has 0 bridgehead atoms. The predicted octanol–water partition coefficient (Wildman–Crippen LogP) is 3.69. The van der Waals surface area contributed by atoms with Crippen LogP contribution in [0.1, 0.15) is 12.5 Å². The van der Waals surface area contributed by atoms with Crippen molar-refractivity contribution < 1.29 is 26.4 Å². The first-order valence-electron chi connectivity index (χ1n) is 7.78. The second-order valence-corrected chi connectivity index (χ2v) is 7.71. The number of nitrogens with zero attached hydrogens (tertiary/aromatic N) is 1. The van der Waals surface area contributed by atoms with Crippen LogP contribution in [0, 0.1) is 0 Å². The Morgan fingerprint density at radius 1 is 1.15 bits per heavy atom. The molecule has 146 valence electrons. The quantitative estimate of drug-likeness (QED) is 0.775. The van der Waals surface area contributed by atoms with E-state index in [0.29, 0.717) is 10.4 Å². The van der Waals surface area contributed by atoms with E-state index in [2.05, 4.69) is 5.32 Å². The lowest BCUT2D eigenvalue weighted by atomic mass is 10.2. The molecule has 1 N–H and O–H groups in total. The van der Waals surface area contributed by atoms with Gasteiger partial charge in [-0.15, -0.1) is 0 Å². The van der Waals surface area contributed by atoms with E-state index < -0.39 is 39.2 Å². The molecule has 1 amide bonds. The first kappa shape index (κ1) is 21.0. The number of alkyl halides is 3. The average molecular weight is 421 g/mol. The van der Waals surface area contributed by atoms with E-state index in [1.807, 2.05) is 0 Å². The van der Waals surface area contributed by atoms with E-state index in [0.717, 1.165) is 12.1 Å². The molecule has 0 heterocycles. The molecule has 0 aliphatic rings. The first-order valence-corrected chi connectivity index (χ1v) is 9.60. The lowest BCUT2D eigenvalue weighted by Crippen LogP contribution is -2.41. The zero-order valence-electron chi connectivity index (χ0n) is 14.1. The third-order valence-corrected chi connectivity index (χ3v) is 5.65. The number of carbonyl (C=O) groups excluding carboxylic acids is 1. The lowest BCUT2D eigenvalue weighted by Gasteiger charge is -2.25. The van der Waals surface area contributed by atoms with Crippen LogP contribution in [0.3, 0.4) is 0 Å². The van der Waals surface area contributed by atoms with Crippen LogP contribution in [0.25, 0.3) is 0 Å². The summed E-state index contributed by atoms with van der Waals surface area (Å²) >= 11 is 5.61. The van der Waals surface area contributed by atoms with Crippen LogP contribution in [0.5, 0.6) is 0 Å². The van der Waals surface area contributed by atoms with Gasteiger partial charge in [0.25, 0.3) is 10.0 Å².